The van der Waals surface area contributed by atoms with Crippen molar-refractivity contribution >= 4 is 40.6 Å². The molecule has 0 aliphatic carbocycles. The molecule has 3 aromatic carbocycles. The SMILES string of the molecule is COc1cc(/C=C2\SC(=Nc3ccccc3C)NC2=O)ccc1OCc1cccc(C(=O)O)c1. The van der Waals surface area contributed by atoms with Crippen LogP contribution in [0.3, 0.4) is 0 Å². The third-order valence-corrected chi connectivity index (χ3v) is 5.95. The summed E-state index contributed by atoms with van der Waals surface area (Å²) in [4.78, 5) is 28.7. The standard InChI is InChI=1S/C26H22N2O5S/c1-16-6-3-4-9-20(16)27-26-28-24(29)23(34-26)14-17-10-11-21(22(13-17)32-2)33-15-18-7-5-8-19(12-18)25(30)31/h3-14H,15H2,1-2H3,(H,30,31)(H,27,28,29)/b23-14-. The number of carbonyl (C=O) groups excluding carboxylic acids is 1. The molecular weight excluding hydrogens is 452 g/mol. The Labute approximate surface area is 201 Å². The zero-order valence-electron chi connectivity index (χ0n) is 18.6. The normalized spacial score (nSPS) is 15.4. The highest BCUT2D eigenvalue weighted by molar-refractivity contribution is 8.18. The fourth-order valence-corrected chi connectivity index (χ4v) is 4.11. The minimum Gasteiger partial charge on any atom is -0.493 e. The number of hydrogen-bond donors (Lipinski definition) is 2. The average molecular weight is 475 g/mol. The summed E-state index contributed by atoms with van der Waals surface area (Å²) in [6, 6.07) is 19.6. The van der Waals surface area contributed by atoms with Crippen LogP contribution >= 0.6 is 11.8 Å². The van der Waals surface area contributed by atoms with E-state index in [2.05, 4.69) is 10.3 Å². The Hall–Kier alpha value is -4.04. The highest BCUT2D eigenvalue weighted by Gasteiger charge is 2.24. The highest BCUT2D eigenvalue weighted by atomic mass is 32.2. The van der Waals surface area contributed by atoms with Gasteiger partial charge in [0.05, 0.1) is 23.3 Å². The van der Waals surface area contributed by atoms with Crippen LogP contribution in [0.5, 0.6) is 11.5 Å². The summed E-state index contributed by atoms with van der Waals surface area (Å²) in [6.07, 6.45) is 1.77. The van der Waals surface area contributed by atoms with Gasteiger partial charge in [0.15, 0.2) is 16.7 Å². The molecule has 0 atom stereocenters. The van der Waals surface area contributed by atoms with Crippen LogP contribution in [-0.4, -0.2) is 29.3 Å². The number of carbonyl (C=O) groups is 2. The van der Waals surface area contributed by atoms with Crippen molar-refractivity contribution in [1.29, 1.82) is 0 Å². The maximum absolute atomic E-state index is 12.4. The van der Waals surface area contributed by atoms with E-state index in [1.54, 1.807) is 36.4 Å². The van der Waals surface area contributed by atoms with Gasteiger partial charge in [0, 0.05) is 0 Å². The first kappa shape index (κ1) is 23.1. The molecule has 8 heteroatoms. The van der Waals surface area contributed by atoms with Gasteiger partial charge < -0.3 is 19.9 Å². The van der Waals surface area contributed by atoms with E-state index in [-0.39, 0.29) is 18.1 Å². The second-order valence-corrected chi connectivity index (χ2v) is 8.50. The van der Waals surface area contributed by atoms with Crippen molar-refractivity contribution < 1.29 is 24.2 Å². The third kappa shape index (κ3) is 5.47. The number of ether oxygens (including phenoxy) is 2. The first-order chi connectivity index (χ1) is 16.4. The summed E-state index contributed by atoms with van der Waals surface area (Å²) in [7, 11) is 1.54. The van der Waals surface area contributed by atoms with Gasteiger partial charge in [-0.2, -0.15) is 0 Å². The molecule has 0 aromatic heterocycles. The predicted molar refractivity (Wildman–Crippen MR) is 133 cm³/mol. The van der Waals surface area contributed by atoms with Crippen molar-refractivity contribution in [2.45, 2.75) is 13.5 Å². The minimum absolute atomic E-state index is 0.189. The molecule has 2 N–H and O–H groups in total. The monoisotopic (exact) mass is 474 g/mol. The molecule has 1 saturated heterocycles. The van der Waals surface area contributed by atoms with Crippen LogP contribution in [0.25, 0.3) is 6.08 Å². The molecule has 1 heterocycles. The summed E-state index contributed by atoms with van der Waals surface area (Å²) < 4.78 is 11.3. The van der Waals surface area contributed by atoms with Gasteiger partial charge in [-0.1, -0.05) is 36.4 Å². The van der Waals surface area contributed by atoms with Gasteiger partial charge in [-0.15, -0.1) is 0 Å². The van der Waals surface area contributed by atoms with Gasteiger partial charge in [0.25, 0.3) is 5.91 Å². The Morgan fingerprint density at radius 1 is 1.09 bits per heavy atom. The summed E-state index contributed by atoms with van der Waals surface area (Å²) in [5.41, 5.74) is 3.54. The summed E-state index contributed by atoms with van der Waals surface area (Å²) >= 11 is 1.28. The number of aryl methyl sites for hydroxylation is 1. The molecule has 1 aliphatic heterocycles. The van der Waals surface area contributed by atoms with E-state index in [4.69, 9.17) is 14.6 Å². The van der Waals surface area contributed by atoms with E-state index in [0.717, 1.165) is 22.4 Å². The van der Waals surface area contributed by atoms with E-state index in [0.29, 0.717) is 21.6 Å². The van der Waals surface area contributed by atoms with Gasteiger partial charge in [-0.3, -0.25) is 4.79 Å². The molecule has 0 spiro atoms. The Morgan fingerprint density at radius 2 is 1.91 bits per heavy atom. The molecule has 34 heavy (non-hydrogen) atoms. The number of rotatable bonds is 7. The molecule has 3 aromatic rings. The summed E-state index contributed by atoms with van der Waals surface area (Å²) in [5.74, 6) is -0.190. The molecule has 0 radical (unpaired) electrons. The lowest BCUT2D eigenvalue weighted by molar-refractivity contribution is -0.115. The largest absolute Gasteiger partial charge is 0.493 e. The van der Waals surface area contributed by atoms with Crippen LogP contribution < -0.4 is 14.8 Å². The van der Waals surface area contributed by atoms with Gasteiger partial charge in [0.2, 0.25) is 0 Å². The summed E-state index contributed by atoms with van der Waals surface area (Å²) in [6.45, 7) is 2.16. The van der Waals surface area contributed by atoms with Gasteiger partial charge in [-0.25, -0.2) is 9.79 Å². The Bertz CT molecular complexity index is 1320. The molecule has 0 saturated carbocycles. The van der Waals surface area contributed by atoms with Crippen LogP contribution in [0.4, 0.5) is 5.69 Å². The number of aromatic carboxylic acids is 1. The number of hydrogen-bond acceptors (Lipinski definition) is 6. The Balaban J connectivity index is 1.49. The van der Waals surface area contributed by atoms with Crippen LogP contribution in [0.15, 0.2) is 76.6 Å². The van der Waals surface area contributed by atoms with Gasteiger partial charge in [0.1, 0.15) is 6.61 Å². The van der Waals surface area contributed by atoms with Crippen molar-refractivity contribution in [2.24, 2.45) is 4.99 Å². The van der Waals surface area contributed by atoms with Crippen molar-refractivity contribution in [3.63, 3.8) is 0 Å². The predicted octanol–water partition coefficient (Wildman–Crippen LogP) is 5.17. The van der Waals surface area contributed by atoms with Crippen molar-refractivity contribution in [3.8, 4) is 11.5 Å². The molecule has 0 unspecified atom stereocenters. The maximum Gasteiger partial charge on any atom is 0.335 e. The Morgan fingerprint density at radius 3 is 2.68 bits per heavy atom. The van der Waals surface area contributed by atoms with Crippen molar-refractivity contribution in [3.05, 3.63) is 93.9 Å². The molecule has 4 rings (SSSR count). The van der Waals surface area contributed by atoms with E-state index in [1.165, 1.54) is 24.9 Å². The number of amides is 1. The molecule has 7 nitrogen and oxygen atoms in total. The van der Waals surface area contributed by atoms with Crippen molar-refractivity contribution in [1.82, 2.24) is 5.32 Å². The second-order valence-electron chi connectivity index (χ2n) is 7.47. The number of benzene rings is 3. The first-order valence-corrected chi connectivity index (χ1v) is 11.2. The maximum atomic E-state index is 12.4. The number of para-hydroxylation sites is 1. The molecule has 1 aliphatic rings. The Kier molecular flexibility index (Phi) is 6.98. The van der Waals surface area contributed by atoms with Crippen LogP contribution in [0, 0.1) is 6.92 Å². The lowest BCUT2D eigenvalue weighted by Gasteiger charge is -2.12. The molecule has 1 fully saturated rings. The van der Waals surface area contributed by atoms with Crippen LogP contribution in [0.2, 0.25) is 0 Å². The van der Waals surface area contributed by atoms with Gasteiger partial charge >= 0.3 is 5.97 Å². The average Bonchev–Trinajstić information content (AvgIpc) is 3.18. The van der Waals surface area contributed by atoms with Crippen molar-refractivity contribution in [2.75, 3.05) is 7.11 Å². The lowest BCUT2D eigenvalue weighted by atomic mass is 10.1. The number of carboxylic acids is 1. The lowest BCUT2D eigenvalue weighted by Crippen LogP contribution is -2.19. The van der Waals surface area contributed by atoms with E-state index < -0.39 is 5.97 Å². The van der Waals surface area contributed by atoms with E-state index in [9.17, 15) is 9.59 Å². The zero-order valence-corrected chi connectivity index (χ0v) is 19.4. The molecular formula is C26H22N2O5S. The topological polar surface area (TPSA) is 97.2 Å². The fourth-order valence-electron chi connectivity index (χ4n) is 3.28. The van der Waals surface area contributed by atoms with Crippen LogP contribution in [0.1, 0.15) is 27.0 Å². The number of nitrogens with zero attached hydrogens (tertiary/aromatic N) is 1. The smallest absolute Gasteiger partial charge is 0.335 e. The number of methoxy groups -OCH3 is 1. The zero-order chi connectivity index (χ0) is 24.1. The summed E-state index contributed by atoms with van der Waals surface area (Å²) in [5, 5.41) is 12.5. The molecule has 172 valence electrons. The first-order valence-electron chi connectivity index (χ1n) is 10.4. The number of amidine groups is 1. The van der Waals surface area contributed by atoms with E-state index in [1.807, 2.05) is 37.3 Å². The minimum atomic E-state index is -0.988. The second kappa shape index (κ2) is 10.3. The molecule has 1 amide bonds. The number of nitrogens with one attached hydrogen (secondary N) is 1. The number of thioether (sulfide) groups is 1. The molecule has 0 bridgehead atoms. The fraction of sp³-hybridized carbons (Fsp3) is 0.115. The highest BCUT2D eigenvalue weighted by Crippen LogP contribution is 2.33. The number of aliphatic imine (C=N–C) groups is 1. The van der Waals surface area contributed by atoms with E-state index >= 15 is 0 Å². The van der Waals surface area contributed by atoms with Crippen LogP contribution in [-0.2, 0) is 11.4 Å². The number of carboxylic acid groups (broad SMARTS) is 1. The third-order valence-electron chi connectivity index (χ3n) is 5.04. The van der Waals surface area contributed by atoms with Gasteiger partial charge in [-0.05, 0) is 71.8 Å². The quantitative estimate of drug-likeness (QED) is 0.459.